The smallest absolute Gasteiger partial charge is 0.355 e. The van der Waals surface area contributed by atoms with Crippen molar-refractivity contribution >= 4 is 28.6 Å². The first-order valence-electron chi connectivity index (χ1n) is 10.5. The van der Waals surface area contributed by atoms with E-state index in [1.807, 2.05) is 53.0 Å². The second kappa shape index (κ2) is 8.75. The summed E-state index contributed by atoms with van der Waals surface area (Å²) in [6.45, 7) is 4.98. The zero-order valence-corrected chi connectivity index (χ0v) is 18.2. The van der Waals surface area contributed by atoms with Crippen LogP contribution in [0.15, 0.2) is 42.6 Å². The molecular formula is C23H28N4O4. The molecule has 3 heterocycles. The van der Waals surface area contributed by atoms with Crippen LogP contribution in [0.5, 0.6) is 5.75 Å². The minimum Gasteiger partial charge on any atom is -0.497 e. The van der Waals surface area contributed by atoms with Crippen LogP contribution in [-0.2, 0) is 23.1 Å². The third kappa shape index (κ3) is 4.10. The highest BCUT2D eigenvalue weighted by atomic mass is 16.5. The summed E-state index contributed by atoms with van der Waals surface area (Å²) in [7, 11) is 3.57. The molecule has 0 N–H and O–H groups in total. The lowest BCUT2D eigenvalue weighted by molar-refractivity contribution is -0.132. The molecule has 0 bridgehead atoms. The van der Waals surface area contributed by atoms with Crippen LogP contribution in [0.3, 0.4) is 0 Å². The standard InChI is InChI=1S/C23H28N4O4/c1-4-31-23(29)21-15-20-19(9-10-24(20)2)27(21)16-22(28)26-13-11-25(12-14-26)17-5-7-18(30-3)8-6-17/h5-10,15H,4,11-14,16H2,1-3H3. The summed E-state index contributed by atoms with van der Waals surface area (Å²) in [6, 6.07) is 11.7. The van der Waals surface area contributed by atoms with Crippen molar-refractivity contribution in [2.75, 3.05) is 44.8 Å². The fourth-order valence-corrected chi connectivity index (χ4v) is 4.06. The van der Waals surface area contributed by atoms with Crippen molar-refractivity contribution in [2.45, 2.75) is 13.5 Å². The molecule has 0 unspecified atom stereocenters. The van der Waals surface area contributed by atoms with Crippen LogP contribution >= 0.6 is 0 Å². The molecule has 4 rings (SSSR count). The minimum atomic E-state index is -0.407. The molecule has 1 fully saturated rings. The van der Waals surface area contributed by atoms with E-state index in [2.05, 4.69) is 4.90 Å². The third-order valence-corrected chi connectivity index (χ3v) is 5.80. The molecule has 1 saturated heterocycles. The van der Waals surface area contributed by atoms with Gasteiger partial charge >= 0.3 is 5.97 Å². The Hall–Kier alpha value is -3.42. The van der Waals surface area contributed by atoms with E-state index in [1.54, 1.807) is 24.7 Å². The van der Waals surface area contributed by atoms with Crippen LogP contribution in [0.4, 0.5) is 5.69 Å². The van der Waals surface area contributed by atoms with E-state index in [1.165, 1.54) is 0 Å². The van der Waals surface area contributed by atoms with E-state index in [0.717, 1.165) is 35.6 Å². The molecule has 2 aromatic heterocycles. The lowest BCUT2D eigenvalue weighted by Gasteiger charge is -2.36. The molecule has 8 nitrogen and oxygen atoms in total. The number of rotatable bonds is 6. The largest absolute Gasteiger partial charge is 0.497 e. The summed E-state index contributed by atoms with van der Waals surface area (Å²) in [4.78, 5) is 29.7. The van der Waals surface area contributed by atoms with Gasteiger partial charge in [-0.25, -0.2) is 4.79 Å². The van der Waals surface area contributed by atoms with Crippen LogP contribution in [0.2, 0.25) is 0 Å². The van der Waals surface area contributed by atoms with Crippen molar-refractivity contribution in [3.05, 3.63) is 48.3 Å². The maximum Gasteiger partial charge on any atom is 0.355 e. The molecule has 8 heteroatoms. The van der Waals surface area contributed by atoms with E-state index in [9.17, 15) is 9.59 Å². The number of carbonyl (C=O) groups excluding carboxylic acids is 2. The minimum absolute atomic E-state index is 0.00119. The molecule has 0 radical (unpaired) electrons. The number of anilines is 1. The van der Waals surface area contributed by atoms with Gasteiger partial charge in [0.15, 0.2) is 0 Å². The highest BCUT2D eigenvalue weighted by Crippen LogP contribution is 2.23. The Kier molecular flexibility index (Phi) is 5.88. The summed E-state index contributed by atoms with van der Waals surface area (Å²) >= 11 is 0. The molecule has 0 aliphatic carbocycles. The Morgan fingerprint density at radius 3 is 2.35 bits per heavy atom. The van der Waals surface area contributed by atoms with Crippen LogP contribution in [0.25, 0.3) is 11.0 Å². The highest BCUT2D eigenvalue weighted by molar-refractivity contribution is 5.96. The number of aryl methyl sites for hydroxylation is 1. The number of fused-ring (bicyclic) bond motifs is 1. The molecule has 0 spiro atoms. The maximum atomic E-state index is 13.1. The topological polar surface area (TPSA) is 68.9 Å². The molecule has 164 valence electrons. The van der Waals surface area contributed by atoms with Crippen LogP contribution in [0.1, 0.15) is 17.4 Å². The molecule has 0 atom stereocenters. The van der Waals surface area contributed by atoms with Crippen molar-refractivity contribution in [2.24, 2.45) is 7.05 Å². The van der Waals surface area contributed by atoms with E-state index in [-0.39, 0.29) is 12.5 Å². The summed E-state index contributed by atoms with van der Waals surface area (Å²) in [5, 5.41) is 0. The van der Waals surface area contributed by atoms with E-state index in [0.29, 0.717) is 25.4 Å². The molecular weight excluding hydrogens is 396 g/mol. The number of hydrogen-bond donors (Lipinski definition) is 0. The highest BCUT2D eigenvalue weighted by Gasteiger charge is 2.25. The van der Waals surface area contributed by atoms with Gasteiger partial charge in [0.1, 0.15) is 18.0 Å². The first-order valence-corrected chi connectivity index (χ1v) is 10.5. The van der Waals surface area contributed by atoms with Crippen molar-refractivity contribution in [3.8, 4) is 5.75 Å². The van der Waals surface area contributed by atoms with Crippen molar-refractivity contribution in [3.63, 3.8) is 0 Å². The lowest BCUT2D eigenvalue weighted by atomic mass is 10.2. The molecule has 3 aromatic rings. The Balaban J connectivity index is 1.46. The SMILES string of the molecule is CCOC(=O)c1cc2c(ccn2C)n1CC(=O)N1CCN(c2ccc(OC)cc2)CC1. The van der Waals surface area contributed by atoms with Gasteiger partial charge in [-0.3, -0.25) is 4.79 Å². The zero-order valence-electron chi connectivity index (χ0n) is 18.2. The van der Waals surface area contributed by atoms with Gasteiger partial charge < -0.3 is 28.4 Å². The predicted octanol–water partition coefficient (Wildman–Crippen LogP) is 2.51. The van der Waals surface area contributed by atoms with Gasteiger partial charge in [0.25, 0.3) is 0 Å². The summed E-state index contributed by atoms with van der Waals surface area (Å²) in [6.07, 6.45) is 1.92. The zero-order chi connectivity index (χ0) is 22.0. The fourth-order valence-electron chi connectivity index (χ4n) is 4.06. The Morgan fingerprint density at radius 1 is 1.00 bits per heavy atom. The van der Waals surface area contributed by atoms with E-state index >= 15 is 0 Å². The summed E-state index contributed by atoms with van der Waals surface area (Å²) in [5.74, 6) is 0.422. The van der Waals surface area contributed by atoms with Crippen LogP contribution < -0.4 is 9.64 Å². The maximum absolute atomic E-state index is 13.1. The molecule has 1 aliphatic heterocycles. The Labute approximate surface area is 181 Å². The number of ether oxygens (including phenoxy) is 2. The second-order valence-corrected chi connectivity index (χ2v) is 7.60. The van der Waals surface area contributed by atoms with E-state index in [4.69, 9.17) is 9.47 Å². The Bertz CT molecular complexity index is 1080. The van der Waals surface area contributed by atoms with Gasteiger partial charge in [-0.05, 0) is 43.3 Å². The van der Waals surface area contributed by atoms with Crippen molar-refractivity contribution < 1.29 is 19.1 Å². The normalized spacial score (nSPS) is 14.2. The molecule has 1 amide bonds. The number of amides is 1. The monoisotopic (exact) mass is 424 g/mol. The number of nitrogens with zero attached hydrogens (tertiary/aromatic N) is 4. The third-order valence-electron chi connectivity index (χ3n) is 5.80. The second-order valence-electron chi connectivity index (χ2n) is 7.60. The number of methoxy groups -OCH3 is 1. The average molecular weight is 425 g/mol. The quantitative estimate of drug-likeness (QED) is 0.569. The van der Waals surface area contributed by atoms with Gasteiger partial charge in [0.2, 0.25) is 5.91 Å². The van der Waals surface area contributed by atoms with Crippen molar-refractivity contribution in [1.29, 1.82) is 0 Å². The van der Waals surface area contributed by atoms with Gasteiger partial charge in [-0.2, -0.15) is 0 Å². The first-order chi connectivity index (χ1) is 15.0. The predicted molar refractivity (Wildman–Crippen MR) is 119 cm³/mol. The number of aromatic nitrogens is 2. The molecule has 1 aliphatic rings. The van der Waals surface area contributed by atoms with Gasteiger partial charge in [0.05, 0.1) is 24.8 Å². The van der Waals surface area contributed by atoms with Crippen molar-refractivity contribution in [1.82, 2.24) is 14.0 Å². The van der Waals surface area contributed by atoms with Crippen LogP contribution in [0, 0.1) is 0 Å². The van der Waals surface area contributed by atoms with Gasteiger partial charge in [-0.1, -0.05) is 0 Å². The van der Waals surface area contributed by atoms with Gasteiger partial charge in [-0.15, -0.1) is 0 Å². The number of esters is 1. The average Bonchev–Trinajstić information content (AvgIpc) is 3.34. The number of piperazine rings is 1. The fraction of sp³-hybridized carbons (Fsp3) is 0.391. The number of carbonyl (C=O) groups is 2. The van der Waals surface area contributed by atoms with Gasteiger partial charge in [0, 0.05) is 45.1 Å². The summed E-state index contributed by atoms with van der Waals surface area (Å²) < 4.78 is 14.1. The van der Waals surface area contributed by atoms with E-state index < -0.39 is 5.97 Å². The molecule has 1 aromatic carbocycles. The summed E-state index contributed by atoms with van der Waals surface area (Å²) in [5.41, 5.74) is 3.29. The lowest BCUT2D eigenvalue weighted by Crippen LogP contribution is -2.49. The molecule has 0 saturated carbocycles. The first kappa shape index (κ1) is 20.8. The Morgan fingerprint density at radius 2 is 1.71 bits per heavy atom. The number of benzene rings is 1. The molecule has 31 heavy (non-hydrogen) atoms. The van der Waals surface area contributed by atoms with Crippen LogP contribution in [-0.4, -0.2) is 65.8 Å². The number of hydrogen-bond acceptors (Lipinski definition) is 5.